The van der Waals surface area contributed by atoms with Crippen molar-refractivity contribution in [3.05, 3.63) is 46.3 Å². The van der Waals surface area contributed by atoms with Crippen LogP contribution >= 0.6 is 11.3 Å². The van der Waals surface area contributed by atoms with E-state index in [0.717, 1.165) is 23.4 Å². The van der Waals surface area contributed by atoms with E-state index in [-0.39, 0.29) is 11.8 Å². The Balaban J connectivity index is 1.41. The van der Waals surface area contributed by atoms with Gasteiger partial charge in [0.15, 0.2) is 5.82 Å². The summed E-state index contributed by atoms with van der Waals surface area (Å²) in [5, 5.41) is 6.03. The first-order valence-corrected chi connectivity index (χ1v) is 9.04. The normalized spacial score (nSPS) is 15.5. The summed E-state index contributed by atoms with van der Waals surface area (Å²) in [5.41, 5.74) is 1.42. The van der Waals surface area contributed by atoms with E-state index in [0.29, 0.717) is 30.5 Å². The summed E-state index contributed by atoms with van der Waals surface area (Å²) >= 11 is 1.48. The molecule has 3 aromatic heterocycles. The molecule has 3 aromatic rings. The van der Waals surface area contributed by atoms with Crippen molar-refractivity contribution < 1.29 is 9.32 Å². The standard InChI is InChI=1S/C17H17N5O2S/c1-11-9-19-13(10-18-11)16-20-15(21-24-16)12-4-6-22(7-5-12)17(23)14-3-2-8-25-14/h2-3,8-10,12H,4-7H2,1H3. The molecule has 1 amide bonds. The second-order valence-electron chi connectivity index (χ2n) is 6.04. The van der Waals surface area contributed by atoms with Crippen LogP contribution in [0.5, 0.6) is 0 Å². The molecule has 0 aliphatic carbocycles. The van der Waals surface area contributed by atoms with E-state index in [1.165, 1.54) is 11.3 Å². The lowest BCUT2D eigenvalue weighted by atomic mass is 9.96. The molecule has 1 aliphatic rings. The number of carbonyl (C=O) groups excluding carboxylic acids is 1. The highest BCUT2D eigenvalue weighted by Crippen LogP contribution is 2.28. The number of amides is 1. The maximum atomic E-state index is 12.4. The number of aryl methyl sites for hydroxylation is 1. The van der Waals surface area contributed by atoms with Crippen LogP contribution < -0.4 is 0 Å². The van der Waals surface area contributed by atoms with Crippen molar-refractivity contribution in [1.82, 2.24) is 25.0 Å². The van der Waals surface area contributed by atoms with E-state index in [9.17, 15) is 4.79 Å². The fourth-order valence-corrected chi connectivity index (χ4v) is 3.60. The number of carbonyl (C=O) groups is 1. The maximum Gasteiger partial charge on any atom is 0.278 e. The van der Waals surface area contributed by atoms with Gasteiger partial charge in [0, 0.05) is 25.2 Å². The lowest BCUT2D eigenvalue weighted by molar-refractivity contribution is 0.0715. The van der Waals surface area contributed by atoms with Crippen molar-refractivity contribution in [1.29, 1.82) is 0 Å². The molecule has 1 saturated heterocycles. The largest absolute Gasteiger partial charge is 0.338 e. The topological polar surface area (TPSA) is 85.0 Å². The molecule has 0 N–H and O–H groups in total. The van der Waals surface area contributed by atoms with Crippen LogP contribution in [0.1, 0.15) is 39.9 Å². The minimum absolute atomic E-state index is 0.109. The number of hydrogen-bond donors (Lipinski definition) is 0. The van der Waals surface area contributed by atoms with E-state index in [1.54, 1.807) is 12.4 Å². The fourth-order valence-electron chi connectivity index (χ4n) is 2.90. The molecule has 0 atom stereocenters. The van der Waals surface area contributed by atoms with Crippen molar-refractivity contribution in [2.45, 2.75) is 25.7 Å². The number of nitrogens with zero attached hydrogens (tertiary/aromatic N) is 5. The van der Waals surface area contributed by atoms with Gasteiger partial charge in [-0.15, -0.1) is 11.3 Å². The van der Waals surface area contributed by atoms with Crippen LogP contribution in [0.25, 0.3) is 11.6 Å². The van der Waals surface area contributed by atoms with Gasteiger partial charge in [-0.05, 0) is 31.2 Å². The molecule has 4 rings (SSSR count). The summed E-state index contributed by atoms with van der Waals surface area (Å²) in [5.74, 6) is 1.38. The molecule has 0 aromatic carbocycles. The first-order chi connectivity index (χ1) is 12.2. The molecule has 0 unspecified atom stereocenters. The molecule has 1 aliphatic heterocycles. The van der Waals surface area contributed by atoms with E-state index < -0.39 is 0 Å². The third-order valence-electron chi connectivity index (χ3n) is 4.32. The highest BCUT2D eigenvalue weighted by molar-refractivity contribution is 7.12. The van der Waals surface area contributed by atoms with Gasteiger partial charge in [0.25, 0.3) is 11.8 Å². The molecule has 0 radical (unpaired) electrons. The third-order valence-corrected chi connectivity index (χ3v) is 5.18. The van der Waals surface area contributed by atoms with Crippen molar-refractivity contribution in [2.75, 3.05) is 13.1 Å². The number of aromatic nitrogens is 4. The van der Waals surface area contributed by atoms with E-state index in [2.05, 4.69) is 20.1 Å². The molecule has 0 bridgehead atoms. The summed E-state index contributed by atoms with van der Waals surface area (Å²) in [6, 6.07) is 3.77. The number of rotatable bonds is 3. The zero-order valence-corrected chi connectivity index (χ0v) is 14.6. The molecule has 1 fully saturated rings. The Labute approximate surface area is 148 Å². The van der Waals surface area contributed by atoms with Crippen molar-refractivity contribution in [3.63, 3.8) is 0 Å². The van der Waals surface area contributed by atoms with Gasteiger partial charge >= 0.3 is 0 Å². The predicted octanol–water partition coefficient (Wildman–Crippen LogP) is 2.92. The molecular weight excluding hydrogens is 338 g/mol. The summed E-state index contributed by atoms with van der Waals surface area (Å²) in [6.45, 7) is 3.28. The van der Waals surface area contributed by atoms with Crippen molar-refractivity contribution in [2.24, 2.45) is 0 Å². The Morgan fingerprint density at radius 2 is 2.12 bits per heavy atom. The van der Waals surface area contributed by atoms with E-state index in [1.807, 2.05) is 29.3 Å². The van der Waals surface area contributed by atoms with Crippen molar-refractivity contribution >= 4 is 17.2 Å². The minimum atomic E-state index is 0.109. The lowest BCUT2D eigenvalue weighted by Gasteiger charge is -2.30. The molecule has 128 valence electrons. The van der Waals surface area contributed by atoms with Crippen molar-refractivity contribution in [3.8, 4) is 11.6 Å². The Hall–Kier alpha value is -2.61. The second-order valence-corrected chi connectivity index (χ2v) is 6.99. The van der Waals surface area contributed by atoms with Gasteiger partial charge in [-0.1, -0.05) is 11.2 Å². The minimum Gasteiger partial charge on any atom is -0.338 e. The first-order valence-electron chi connectivity index (χ1n) is 8.16. The molecule has 7 nitrogen and oxygen atoms in total. The number of piperidine rings is 1. The number of hydrogen-bond acceptors (Lipinski definition) is 7. The van der Waals surface area contributed by atoms with Crippen LogP contribution in [0.4, 0.5) is 0 Å². The van der Waals surface area contributed by atoms with Gasteiger partial charge in [0.2, 0.25) is 0 Å². The maximum absolute atomic E-state index is 12.4. The van der Waals surface area contributed by atoms with Gasteiger partial charge in [0.05, 0.1) is 16.8 Å². The molecule has 25 heavy (non-hydrogen) atoms. The smallest absolute Gasteiger partial charge is 0.278 e. The summed E-state index contributed by atoms with van der Waals surface area (Å²) in [6.07, 6.45) is 4.97. The van der Waals surface area contributed by atoms with Gasteiger partial charge < -0.3 is 9.42 Å². The Morgan fingerprint density at radius 1 is 1.28 bits per heavy atom. The summed E-state index contributed by atoms with van der Waals surface area (Å²) < 4.78 is 5.33. The molecule has 8 heteroatoms. The van der Waals surface area contributed by atoms with E-state index >= 15 is 0 Å². The fraction of sp³-hybridized carbons (Fsp3) is 0.353. The second kappa shape index (κ2) is 6.72. The number of likely N-dealkylation sites (tertiary alicyclic amines) is 1. The van der Waals surface area contributed by atoms with E-state index in [4.69, 9.17) is 4.52 Å². The molecule has 4 heterocycles. The zero-order valence-electron chi connectivity index (χ0n) is 13.8. The van der Waals surface area contributed by atoms with Gasteiger partial charge in [0.1, 0.15) is 5.69 Å². The SMILES string of the molecule is Cc1cnc(-c2nc(C3CCN(C(=O)c4cccs4)CC3)no2)cn1. The van der Waals surface area contributed by atoms with Gasteiger partial charge in [-0.25, -0.2) is 4.98 Å². The highest BCUT2D eigenvalue weighted by atomic mass is 32.1. The monoisotopic (exact) mass is 355 g/mol. The zero-order chi connectivity index (χ0) is 17.2. The van der Waals surface area contributed by atoms with Gasteiger partial charge in [-0.2, -0.15) is 4.98 Å². The lowest BCUT2D eigenvalue weighted by Crippen LogP contribution is -2.37. The molecular formula is C17H17N5O2S. The quantitative estimate of drug-likeness (QED) is 0.718. The van der Waals surface area contributed by atoms with Crippen LogP contribution in [0.3, 0.4) is 0 Å². The Kier molecular flexibility index (Phi) is 4.27. The number of thiophene rings is 1. The Bertz CT molecular complexity index is 852. The first kappa shape index (κ1) is 15.9. The van der Waals surface area contributed by atoms with Crippen LogP contribution in [-0.4, -0.2) is 44.0 Å². The Morgan fingerprint density at radius 3 is 2.80 bits per heavy atom. The third kappa shape index (κ3) is 3.30. The van der Waals surface area contributed by atoms with Gasteiger partial charge in [-0.3, -0.25) is 9.78 Å². The summed E-state index contributed by atoms with van der Waals surface area (Å²) in [7, 11) is 0. The van der Waals surface area contributed by atoms with Crippen LogP contribution in [0.2, 0.25) is 0 Å². The molecule has 0 spiro atoms. The van der Waals surface area contributed by atoms with Crippen LogP contribution in [0.15, 0.2) is 34.4 Å². The predicted molar refractivity (Wildman–Crippen MR) is 92.3 cm³/mol. The average molecular weight is 355 g/mol. The van der Waals surface area contributed by atoms with Crippen LogP contribution in [0, 0.1) is 6.92 Å². The van der Waals surface area contributed by atoms with Crippen LogP contribution in [-0.2, 0) is 0 Å². The average Bonchev–Trinajstić information content (AvgIpc) is 3.34. The molecule has 0 saturated carbocycles. The summed E-state index contributed by atoms with van der Waals surface area (Å²) in [4.78, 5) is 28.0. The highest BCUT2D eigenvalue weighted by Gasteiger charge is 2.28.